The number of rotatable bonds is 2. The highest BCUT2D eigenvalue weighted by Gasteiger charge is 2.23. The Morgan fingerprint density at radius 2 is 1.96 bits per heavy atom. The summed E-state index contributed by atoms with van der Waals surface area (Å²) in [7, 11) is 0. The Morgan fingerprint density at radius 3 is 2.74 bits per heavy atom. The molecule has 0 unspecified atom stereocenters. The summed E-state index contributed by atoms with van der Waals surface area (Å²) < 4.78 is 1.22. The number of carbonyl (C=O) groups excluding carboxylic acids is 1. The van der Waals surface area contributed by atoms with Crippen molar-refractivity contribution >= 4 is 33.1 Å². The molecule has 1 aromatic carbocycles. The van der Waals surface area contributed by atoms with E-state index in [4.69, 9.17) is 0 Å². The Bertz CT molecular complexity index is 825. The molecule has 5 nitrogen and oxygen atoms in total. The molecule has 23 heavy (non-hydrogen) atoms. The molecule has 0 N–H and O–H groups in total. The number of amides is 1. The van der Waals surface area contributed by atoms with Gasteiger partial charge in [-0.25, -0.2) is 4.98 Å². The number of thiophene rings is 1. The summed E-state index contributed by atoms with van der Waals surface area (Å²) in [5.41, 5.74) is 0.767. The summed E-state index contributed by atoms with van der Waals surface area (Å²) >= 11 is 1.70. The van der Waals surface area contributed by atoms with Crippen LogP contribution in [0, 0.1) is 0 Å². The SMILES string of the molecule is O=C(c1ccc2sccc2c1)N1CCN(c2cnccn2)CC1. The van der Waals surface area contributed by atoms with Crippen molar-refractivity contribution in [3.63, 3.8) is 0 Å². The van der Waals surface area contributed by atoms with Crippen molar-refractivity contribution in [1.29, 1.82) is 0 Å². The van der Waals surface area contributed by atoms with Gasteiger partial charge in [0.1, 0.15) is 5.82 Å². The highest BCUT2D eigenvalue weighted by Crippen LogP contribution is 2.23. The van der Waals surface area contributed by atoms with Gasteiger partial charge in [-0.05, 0) is 35.0 Å². The zero-order valence-electron chi connectivity index (χ0n) is 12.6. The summed E-state index contributed by atoms with van der Waals surface area (Å²) in [6.45, 7) is 2.98. The normalized spacial score (nSPS) is 15.1. The van der Waals surface area contributed by atoms with E-state index >= 15 is 0 Å². The molecule has 1 aliphatic heterocycles. The summed E-state index contributed by atoms with van der Waals surface area (Å²) in [6.07, 6.45) is 5.13. The maximum Gasteiger partial charge on any atom is 0.253 e. The molecule has 1 amide bonds. The summed E-state index contributed by atoms with van der Waals surface area (Å²) in [4.78, 5) is 25.2. The zero-order chi connectivity index (χ0) is 15.6. The average Bonchev–Trinajstić information content (AvgIpc) is 3.10. The molecule has 0 aliphatic carbocycles. The van der Waals surface area contributed by atoms with Gasteiger partial charge in [0, 0.05) is 48.8 Å². The van der Waals surface area contributed by atoms with Crippen LogP contribution in [0.5, 0.6) is 0 Å². The van der Waals surface area contributed by atoms with E-state index in [0.717, 1.165) is 29.9 Å². The lowest BCUT2D eigenvalue weighted by atomic mass is 10.1. The minimum atomic E-state index is 0.108. The van der Waals surface area contributed by atoms with E-state index in [1.54, 1.807) is 29.9 Å². The highest BCUT2D eigenvalue weighted by atomic mass is 32.1. The molecule has 0 bridgehead atoms. The molecule has 2 aromatic heterocycles. The van der Waals surface area contributed by atoms with Crippen LogP contribution in [0.4, 0.5) is 5.82 Å². The minimum absolute atomic E-state index is 0.108. The third-order valence-electron chi connectivity index (χ3n) is 4.14. The number of benzene rings is 1. The molecule has 3 heterocycles. The summed E-state index contributed by atoms with van der Waals surface area (Å²) in [5, 5.41) is 3.19. The third kappa shape index (κ3) is 2.77. The Balaban J connectivity index is 1.46. The smallest absolute Gasteiger partial charge is 0.253 e. The number of fused-ring (bicyclic) bond motifs is 1. The van der Waals surface area contributed by atoms with Crippen LogP contribution >= 0.6 is 11.3 Å². The lowest BCUT2D eigenvalue weighted by Gasteiger charge is -2.35. The predicted molar refractivity (Wildman–Crippen MR) is 92.0 cm³/mol. The number of piperazine rings is 1. The largest absolute Gasteiger partial charge is 0.352 e. The lowest BCUT2D eigenvalue weighted by Crippen LogP contribution is -2.49. The van der Waals surface area contributed by atoms with Crippen LogP contribution in [0.1, 0.15) is 10.4 Å². The first-order valence-electron chi connectivity index (χ1n) is 7.59. The topological polar surface area (TPSA) is 49.3 Å². The van der Waals surface area contributed by atoms with Crippen molar-refractivity contribution in [2.45, 2.75) is 0 Å². The first-order chi connectivity index (χ1) is 11.3. The molecule has 6 heteroatoms. The number of hydrogen-bond acceptors (Lipinski definition) is 5. The number of anilines is 1. The van der Waals surface area contributed by atoms with Crippen molar-refractivity contribution in [3.05, 3.63) is 53.8 Å². The van der Waals surface area contributed by atoms with Gasteiger partial charge in [0.25, 0.3) is 5.91 Å². The number of hydrogen-bond donors (Lipinski definition) is 0. The van der Waals surface area contributed by atoms with Crippen molar-refractivity contribution in [2.75, 3.05) is 31.1 Å². The highest BCUT2D eigenvalue weighted by molar-refractivity contribution is 7.17. The molecule has 1 saturated heterocycles. The van der Waals surface area contributed by atoms with Crippen molar-refractivity contribution in [2.24, 2.45) is 0 Å². The van der Waals surface area contributed by atoms with Crippen LogP contribution in [0.2, 0.25) is 0 Å². The Hall–Kier alpha value is -2.47. The molecule has 1 aliphatic rings. The molecule has 1 fully saturated rings. The standard InChI is InChI=1S/C17H16N4OS/c22-17(14-1-2-15-13(11-14)3-10-23-15)21-8-6-20(7-9-21)16-12-18-4-5-19-16/h1-5,10-12H,6-9H2. The van der Waals surface area contributed by atoms with Gasteiger partial charge < -0.3 is 9.80 Å². The molecular formula is C17H16N4OS. The van der Waals surface area contributed by atoms with E-state index in [1.807, 2.05) is 23.1 Å². The van der Waals surface area contributed by atoms with Crippen molar-refractivity contribution in [3.8, 4) is 0 Å². The van der Waals surface area contributed by atoms with Crippen LogP contribution in [0.3, 0.4) is 0 Å². The Morgan fingerprint density at radius 1 is 1.09 bits per heavy atom. The van der Waals surface area contributed by atoms with Gasteiger partial charge in [0.15, 0.2) is 0 Å². The first kappa shape index (κ1) is 14.1. The fourth-order valence-corrected chi connectivity index (χ4v) is 3.65. The number of carbonyl (C=O) groups is 1. The molecule has 3 aromatic rings. The fraction of sp³-hybridized carbons (Fsp3) is 0.235. The molecule has 0 saturated carbocycles. The number of nitrogens with zero attached hydrogens (tertiary/aromatic N) is 4. The monoisotopic (exact) mass is 324 g/mol. The second kappa shape index (κ2) is 5.96. The predicted octanol–water partition coefficient (Wildman–Crippen LogP) is 2.65. The van der Waals surface area contributed by atoms with Gasteiger partial charge in [-0.2, -0.15) is 0 Å². The van der Waals surface area contributed by atoms with Crippen molar-refractivity contribution < 1.29 is 4.79 Å². The average molecular weight is 324 g/mol. The maximum absolute atomic E-state index is 12.7. The van der Waals surface area contributed by atoms with E-state index in [9.17, 15) is 4.79 Å². The Labute approximate surface area is 138 Å². The van der Waals surface area contributed by atoms with Crippen LogP contribution in [0.25, 0.3) is 10.1 Å². The Kier molecular flexibility index (Phi) is 3.67. The first-order valence-corrected chi connectivity index (χ1v) is 8.47. The van der Waals surface area contributed by atoms with E-state index in [-0.39, 0.29) is 5.91 Å². The fourth-order valence-electron chi connectivity index (χ4n) is 2.88. The van der Waals surface area contributed by atoms with E-state index in [2.05, 4.69) is 26.3 Å². The zero-order valence-corrected chi connectivity index (χ0v) is 13.4. The van der Waals surface area contributed by atoms with Gasteiger partial charge >= 0.3 is 0 Å². The van der Waals surface area contributed by atoms with Gasteiger partial charge in [0.2, 0.25) is 0 Å². The van der Waals surface area contributed by atoms with E-state index in [0.29, 0.717) is 13.1 Å². The quantitative estimate of drug-likeness (QED) is 0.727. The van der Waals surface area contributed by atoms with Gasteiger partial charge in [0.05, 0.1) is 6.20 Å². The molecule has 0 atom stereocenters. The van der Waals surface area contributed by atoms with Gasteiger partial charge in [-0.15, -0.1) is 11.3 Å². The van der Waals surface area contributed by atoms with Crippen LogP contribution in [0.15, 0.2) is 48.2 Å². The molecule has 4 rings (SSSR count). The van der Waals surface area contributed by atoms with E-state index in [1.165, 1.54) is 4.70 Å². The second-order valence-electron chi connectivity index (χ2n) is 5.52. The van der Waals surface area contributed by atoms with Gasteiger partial charge in [-0.3, -0.25) is 9.78 Å². The second-order valence-corrected chi connectivity index (χ2v) is 6.46. The van der Waals surface area contributed by atoms with Crippen LogP contribution in [-0.4, -0.2) is 47.0 Å². The lowest BCUT2D eigenvalue weighted by molar-refractivity contribution is 0.0746. The maximum atomic E-state index is 12.7. The third-order valence-corrected chi connectivity index (χ3v) is 5.04. The van der Waals surface area contributed by atoms with Crippen LogP contribution in [-0.2, 0) is 0 Å². The van der Waals surface area contributed by atoms with E-state index < -0.39 is 0 Å². The minimum Gasteiger partial charge on any atom is -0.352 e. The molecular weight excluding hydrogens is 308 g/mol. The molecule has 0 radical (unpaired) electrons. The van der Waals surface area contributed by atoms with Gasteiger partial charge in [-0.1, -0.05) is 0 Å². The molecule has 0 spiro atoms. The molecule has 116 valence electrons. The van der Waals surface area contributed by atoms with Crippen LogP contribution < -0.4 is 4.90 Å². The summed E-state index contributed by atoms with van der Waals surface area (Å²) in [6, 6.07) is 8.01. The number of aromatic nitrogens is 2. The summed E-state index contributed by atoms with van der Waals surface area (Å²) in [5.74, 6) is 0.983. The van der Waals surface area contributed by atoms with Crippen molar-refractivity contribution in [1.82, 2.24) is 14.9 Å².